The first kappa shape index (κ1) is 7.86. The maximum absolute atomic E-state index is 3.50. The molecule has 3 rings (SSSR count). The molecule has 1 N–H and O–H groups in total. The van der Waals surface area contributed by atoms with Crippen molar-refractivity contribution < 1.29 is 0 Å². The van der Waals surface area contributed by atoms with Gasteiger partial charge in [-0.2, -0.15) is 0 Å². The fourth-order valence-electron chi connectivity index (χ4n) is 2.20. The second-order valence-corrected chi connectivity index (χ2v) is 3.86. The zero-order chi connectivity index (χ0) is 9.38. The van der Waals surface area contributed by atoms with Crippen molar-refractivity contribution in [3.63, 3.8) is 0 Å². The van der Waals surface area contributed by atoms with E-state index in [0.717, 1.165) is 0 Å². The summed E-state index contributed by atoms with van der Waals surface area (Å²) < 4.78 is 0. The van der Waals surface area contributed by atoms with Crippen LogP contribution in [0.15, 0.2) is 30.3 Å². The molecule has 0 bridgehead atoms. The molecule has 0 aliphatic heterocycles. The lowest BCUT2D eigenvalue weighted by atomic mass is 10.1. The Balaban J connectivity index is 2.34. The van der Waals surface area contributed by atoms with Crippen LogP contribution in [0.4, 0.5) is 0 Å². The molecule has 0 unspecified atom stereocenters. The molecular formula is C13H13N. The first-order valence-electron chi connectivity index (χ1n) is 5.21. The summed E-state index contributed by atoms with van der Waals surface area (Å²) in [6.07, 6.45) is 8.19. The van der Waals surface area contributed by atoms with Crippen LogP contribution in [0, 0.1) is 0 Å². The van der Waals surface area contributed by atoms with Crippen molar-refractivity contribution in [3.05, 3.63) is 41.6 Å². The van der Waals surface area contributed by atoms with Crippen molar-refractivity contribution in [2.24, 2.45) is 0 Å². The number of para-hydroxylation sites is 1. The number of rotatable bonds is 0. The van der Waals surface area contributed by atoms with E-state index in [9.17, 15) is 0 Å². The van der Waals surface area contributed by atoms with Gasteiger partial charge in [-0.3, -0.25) is 0 Å². The van der Waals surface area contributed by atoms with Gasteiger partial charge in [-0.25, -0.2) is 0 Å². The van der Waals surface area contributed by atoms with Gasteiger partial charge in [0.25, 0.3) is 0 Å². The fourth-order valence-corrected chi connectivity index (χ4v) is 2.20. The number of fused-ring (bicyclic) bond motifs is 3. The molecule has 1 aromatic carbocycles. The number of allylic oxidation sites excluding steroid dienone is 1. The van der Waals surface area contributed by atoms with E-state index in [1.54, 1.807) is 0 Å². The first-order chi connectivity index (χ1) is 6.95. The predicted octanol–water partition coefficient (Wildman–Crippen LogP) is 3.52. The summed E-state index contributed by atoms with van der Waals surface area (Å²) in [5, 5.41) is 1.36. The maximum atomic E-state index is 3.50. The topological polar surface area (TPSA) is 15.8 Å². The van der Waals surface area contributed by atoms with Gasteiger partial charge in [-0.1, -0.05) is 30.4 Å². The van der Waals surface area contributed by atoms with E-state index in [-0.39, 0.29) is 0 Å². The van der Waals surface area contributed by atoms with Crippen LogP contribution in [0.25, 0.3) is 17.0 Å². The number of hydrogen-bond donors (Lipinski definition) is 1. The third-order valence-electron chi connectivity index (χ3n) is 2.91. The Hall–Kier alpha value is -1.50. The van der Waals surface area contributed by atoms with Crippen LogP contribution in [0.3, 0.4) is 0 Å². The summed E-state index contributed by atoms with van der Waals surface area (Å²) in [5.41, 5.74) is 4.07. The average molecular weight is 183 g/mol. The number of H-pyrrole nitrogens is 1. The van der Waals surface area contributed by atoms with Gasteiger partial charge in [-0.05, 0) is 25.3 Å². The van der Waals surface area contributed by atoms with E-state index in [2.05, 4.69) is 41.4 Å². The van der Waals surface area contributed by atoms with Crippen molar-refractivity contribution in [1.29, 1.82) is 0 Å². The molecule has 14 heavy (non-hydrogen) atoms. The molecule has 1 aromatic heterocycles. The second-order valence-electron chi connectivity index (χ2n) is 3.86. The minimum absolute atomic E-state index is 1.18. The van der Waals surface area contributed by atoms with Gasteiger partial charge in [-0.15, -0.1) is 0 Å². The van der Waals surface area contributed by atoms with Gasteiger partial charge in [0.1, 0.15) is 0 Å². The minimum Gasteiger partial charge on any atom is -0.358 e. The Morgan fingerprint density at radius 2 is 2.07 bits per heavy atom. The number of nitrogens with one attached hydrogen (secondary N) is 1. The van der Waals surface area contributed by atoms with E-state index < -0.39 is 0 Å². The van der Waals surface area contributed by atoms with Gasteiger partial charge in [0.15, 0.2) is 0 Å². The third-order valence-corrected chi connectivity index (χ3v) is 2.91. The molecule has 1 heterocycles. The SMILES string of the molecule is C1=Cc2c([nH]c3ccccc23)CCC1. The monoisotopic (exact) mass is 183 g/mol. The van der Waals surface area contributed by atoms with Gasteiger partial charge >= 0.3 is 0 Å². The molecule has 0 saturated heterocycles. The lowest BCUT2D eigenvalue weighted by molar-refractivity contribution is 0.834. The van der Waals surface area contributed by atoms with Gasteiger partial charge in [0.05, 0.1) is 0 Å². The Morgan fingerprint density at radius 1 is 1.14 bits per heavy atom. The highest BCUT2D eigenvalue weighted by molar-refractivity contribution is 5.90. The van der Waals surface area contributed by atoms with Crippen molar-refractivity contribution in [3.8, 4) is 0 Å². The van der Waals surface area contributed by atoms with E-state index in [0.29, 0.717) is 0 Å². The smallest absolute Gasteiger partial charge is 0.0462 e. The molecule has 1 heteroatoms. The van der Waals surface area contributed by atoms with E-state index >= 15 is 0 Å². The molecule has 0 amide bonds. The Bertz CT molecular complexity index is 491. The molecule has 1 aliphatic carbocycles. The number of hydrogen-bond acceptors (Lipinski definition) is 0. The van der Waals surface area contributed by atoms with Crippen molar-refractivity contribution in [1.82, 2.24) is 4.98 Å². The van der Waals surface area contributed by atoms with Crippen molar-refractivity contribution in [2.45, 2.75) is 19.3 Å². The highest BCUT2D eigenvalue weighted by atomic mass is 14.7. The summed E-state index contributed by atoms with van der Waals surface area (Å²) in [7, 11) is 0. The summed E-state index contributed by atoms with van der Waals surface area (Å²) in [4.78, 5) is 3.50. The molecule has 0 fully saturated rings. The Kier molecular flexibility index (Phi) is 1.69. The molecule has 0 radical (unpaired) electrons. The molecule has 0 atom stereocenters. The quantitative estimate of drug-likeness (QED) is 0.643. The van der Waals surface area contributed by atoms with Crippen LogP contribution >= 0.6 is 0 Å². The summed E-state index contributed by atoms with van der Waals surface area (Å²) in [6.45, 7) is 0. The summed E-state index contributed by atoms with van der Waals surface area (Å²) in [5.74, 6) is 0. The summed E-state index contributed by atoms with van der Waals surface area (Å²) in [6, 6.07) is 8.54. The lowest BCUT2D eigenvalue weighted by Gasteiger charge is -1.94. The number of aromatic amines is 1. The highest BCUT2D eigenvalue weighted by Crippen LogP contribution is 2.26. The first-order valence-corrected chi connectivity index (χ1v) is 5.21. The average Bonchev–Trinajstić information content (AvgIpc) is 2.42. The third kappa shape index (κ3) is 1.09. The zero-order valence-electron chi connectivity index (χ0n) is 8.09. The van der Waals surface area contributed by atoms with Crippen LogP contribution in [-0.4, -0.2) is 4.98 Å². The van der Waals surface area contributed by atoms with Gasteiger partial charge < -0.3 is 4.98 Å². The lowest BCUT2D eigenvalue weighted by Crippen LogP contribution is -1.84. The van der Waals surface area contributed by atoms with E-state index in [4.69, 9.17) is 0 Å². The molecule has 1 aliphatic rings. The predicted molar refractivity (Wildman–Crippen MR) is 60.3 cm³/mol. The number of aryl methyl sites for hydroxylation is 1. The van der Waals surface area contributed by atoms with Crippen LogP contribution in [0.1, 0.15) is 24.1 Å². The minimum atomic E-state index is 1.18. The Labute approximate surface area is 83.5 Å². The zero-order valence-corrected chi connectivity index (χ0v) is 8.09. The number of aromatic nitrogens is 1. The summed E-state index contributed by atoms with van der Waals surface area (Å²) >= 11 is 0. The number of benzene rings is 1. The van der Waals surface area contributed by atoms with Crippen molar-refractivity contribution >= 4 is 17.0 Å². The van der Waals surface area contributed by atoms with Crippen LogP contribution < -0.4 is 0 Å². The molecular weight excluding hydrogens is 170 g/mol. The maximum Gasteiger partial charge on any atom is 0.0462 e. The van der Waals surface area contributed by atoms with Gasteiger partial charge in [0, 0.05) is 22.2 Å². The van der Waals surface area contributed by atoms with Crippen LogP contribution in [0.5, 0.6) is 0 Å². The second kappa shape index (κ2) is 3.02. The normalized spacial score (nSPS) is 15.4. The van der Waals surface area contributed by atoms with Crippen LogP contribution in [0.2, 0.25) is 0 Å². The van der Waals surface area contributed by atoms with E-state index in [1.165, 1.54) is 41.4 Å². The van der Waals surface area contributed by atoms with E-state index in [1.807, 2.05) is 0 Å². The molecule has 0 spiro atoms. The van der Waals surface area contributed by atoms with Crippen LogP contribution in [-0.2, 0) is 6.42 Å². The van der Waals surface area contributed by atoms with Gasteiger partial charge in [0.2, 0.25) is 0 Å². The fraction of sp³-hybridized carbons (Fsp3) is 0.231. The Morgan fingerprint density at radius 3 is 3.07 bits per heavy atom. The molecule has 0 saturated carbocycles. The largest absolute Gasteiger partial charge is 0.358 e. The highest BCUT2D eigenvalue weighted by Gasteiger charge is 2.09. The van der Waals surface area contributed by atoms with Crippen molar-refractivity contribution in [2.75, 3.05) is 0 Å². The molecule has 70 valence electrons. The molecule has 2 aromatic rings. The molecule has 1 nitrogen and oxygen atoms in total. The standard InChI is InChI=1S/C13H13N/c1-2-6-10-11-7-4-5-9-13(11)14-12(10)8-3-1/h2,4-7,9,14H,1,3,8H2.